The minimum atomic E-state index is -0.683. The standard InChI is InChI=1S/C30H30ClF2N7OS.C2H6/c1-16-14-36-8-11-40(16)28-18-12-20(31)23(17-4-5-21(32)26-22(17)19(13-34)27(35)42-26)24(33)25(18)37-29(38-28)41-15-30-6-2-9-39(30)10-3-7-30;1-2/h4-5,12,16,36H,2-3,6-11,14-15,35H2,1H3;1-2H3. The van der Waals surface area contributed by atoms with Gasteiger partial charge in [0.1, 0.15) is 34.8 Å². The van der Waals surface area contributed by atoms with Gasteiger partial charge in [0, 0.05) is 42.0 Å². The van der Waals surface area contributed by atoms with E-state index >= 15 is 4.39 Å². The van der Waals surface area contributed by atoms with Crippen LogP contribution >= 0.6 is 22.9 Å². The lowest BCUT2D eigenvalue weighted by Crippen LogP contribution is -2.50. The SMILES string of the molecule is CC.CC1CNCCN1c1nc(OCC23CCCN2CCC3)nc2c(F)c(-c3ccc(F)c4sc(N)c(C#N)c34)c(Cl)cc12. The zero-order valence-corrected chi connectivity index (χ0v) is 26.7. The van der Waals surface area contributed by atoms with E-state index < -0.39 is 11.6 Å². The molecule has 12 heteroatoms. The molecule has 3 fully saturated rings. The number of rotatable bonds is 5. The van der Waals surface area contributed by atoms with Crippen molar-refractivity contribution in [2.24, 2.45) is 0 Å². The Hall–Kier alpha value is -3.30. The van der Waals surface area contributed by atoms with Gasteiger partial charge in [-0.15, -0.1) is 11.3 Å². The highest BCUT2D eigenvalue weighted by Gasteiger charge is 2.45. The Balaban J connectivity index is 0.00000168. The molecule has 3 N–H and O–H groups in total. The number of nitrogens with two attached hydrogens (primary N) is 1. The maximum absolute atomic E-state index is 16.8. The molecule has 3 saturated heterocycles. The van der Waals surface area contributed by atoms with Crippen molar-refractivity contribution in [2.45, 2.75) is 58.0 Å². The molecule has 0 amide bonds. The van der Waals surface area contributed by atoms with Gasteiger partial charge in [0.2, 0.25) is 0 Å². The van der Waals surface area contributed by atoms with E-state index in [1.165, 1.54) is 12.1 Å². The van der Waals surface area contributed by atoms with E-state index in [9.17, 15) is 9.65 Å². The van der Waals surface area contributed by atoms with Crippen LogP contribution in [0.15, 0.2) is 18.2 Å². The predicted octanol–water partition coefficient (Wildman–Crippen LogP) is 6.73. The van der Waals surface area contributed by atoms with Gasteiger partial charge in [0.05, 0.1) is 20.8 Å². The first-order valence-electron chi connectivity index (χ1n) is 15.3. The molecule has 0 spiro atoms. The maximum atomic E-state index is 16.8. The number of ether oxygens (including phenoxy) is 1. The van der Waals surface area contributed by atoms with E-state index in [0.717, 1.165) is 63.2 Å². The number of anilines is 2. The average molecular weight is 640 g/mol. The Morgan fingerprint density at radius 1 is 1.20 bits per heavy atom. The molecule has 0 saturated carbocycles. The second kappa shape index (κ2) is 12.2. The summed E-state index contributed by atoms with van der Waals surface area (Å²) in [5.74, 6) is -0.660. The summed E-state index contributed by atoms with van der Waals surface area (Å²) >= 11 is 7.77. The van der Waals surface area contributed by atoms with E-state index in [1.54, 1.807) is 6.07 Å². The van der Waals surface area contributed by atoms with Gasteiger partial charge in [0.15, 0.2) is 5.82 Å². The van der Waals surface area contributed by atoms with Gasteiger partial charge >= 0.3 is 6.01 Å². The quantitative estimate of drug-likeness (QED) is 0.248. The molecule has 3 aliphatic rings. The summed E-state index contributed by atoms with van der Waals surface area (Å²) in [6, 6.07) is 6.60. The molecule has 5 heterocycles. The third-order valence-electron chi connectivity index (χ3n) is 9.10. The number of aromatic nitrogens is 2. The lowest BCUT2D eigenvalue weighted by Gasteiger charge is -2.36. The Morgan fingerprint density at radius 3 is 2.66 bits per heavy atom. The Bertz CT molecular complexity index is 1760. The van der Waals surface area contributed by atoms with Crippen molar-refractivity contribution in [1.82, 2.24) is 20.2 Å². The van der Waals surface area contributed by atoms with Crippen LogP contribution in [0.4, 0.5) is 19.6 Å². The molecule has 2 aromatic carbocycles. The number of piperazine rings is 1. The molecule has 1 unspecified atom stereocenters. The number of hydrogen-bond donors (Lipinski definition) is 2. The van der Waals surface area contributed by atoms with Crippen molar-refractivity contribution in [1.29, 1.82) is 5.26 Å². The lowest BCUT2D eigenvalue weighted by molar-refractivity contribution is 0.108. The van der Waals surface area contributed by atoms with E-state index in [-0.39, 0.29) is 59.9 Å². The summed E-state index contributed by atoms with van der Waals surface area (Å²) < 4.78 is 38.1. The average Bonchev–Trinajstić information content (AvgIpc) is 3.71. The number of nitriles is 1. The summed E-state index contributed by atoms with van der Waals surface area (Å²) in [4.78, 5) is 14.1. The van der Waals surface area contributed by atoms with Crippen molar-refractivity contribution in [3.05, 3.63) is 40.4 Å². The summed E-state index contributed by atoms with van der Waals surface area (Å²) in [5, 5.41) is 14.2. The van der Waals surface area contributed by atoms with E-state index in [1.807, 2.05) is 19.9 Å². The van der Waals surface area contributed by atoms with Crippen LogP contribution in [0.5, 0.6) is 6.01 Å². The molecule has 0 radical (unpaired) electrons. The van der Waals surface area contributed by atoms with Gasteiger partial charge in [-0.2, -0.15) is 15.2 Å². The molecule has 8 nitrogen and oxygen atoms in total. The number of benzene rings is 2. The van der Waals surface area contributed by atoms with E-state index in [2.05, 4.69) is 27.0 Å². The first kappa shape index (κ1) is 30.7. The van der Waals surface area contributed by atoms with Crippen LogP contribution in [-0.2, 0) is 0 Å². The van der Waals surface area contributed by atoms with Crippen molar-refractivity contribution < 1.29 is 13.5 Å². The molecular weight excluding hydrogens is 604 g/mol. The minimum absolute atomic E-state index is 0.0309. The molecule has 44 heavy (non-hydrogen) atoms. The number of thiophene rings is 1. The van der Waals surface area contributed by atoms with Crippen LogP contribution in [0.1, 0.15) is 52.0 Å². The van der Waals surface area contributed by atoms with Crippen LogP contribution in [-0.4, -0.2) is 65.8 Å². The summed E-state index contributed by atoms with van der Waals surface area (Å²) in [6.07, 6.45) is 4.38. The number of nitrogens with zero attached hydrogens (tertiary/aromatic N) is 5. The lowest BCUT2D eigenvalue weighted by atomic mass is 9.95. The van der Waals surface area contributed by atoms with Gasteiger partial charge in [-0.1, -0.05) is 31.5 Å². The normalized spacial score (nSPS) is 19.6. The maximum Gasteiger partial charge on any atom is 0.319 e. The number of nitrogen functional groups attached to an aromatic ring is 1. The van der Waals surface area contributed by atoms with Crippen molar-refractivity contribution in [3.63, 3.8) is 0 Å². The predicted molar refractivity (Wildman–Crippen MR) is 174 cm³/mol. The molecule has 2 aromatic heterocycles. The highest BCUT2D eigenvalue weighted by atomic mass is 35.5. The minimum Gasteiger partial charge on any atom is -0.461 e. The second-order valence-electron chi connectivity index (χ2n) is 11.5. The highest BCUT2D eigenvalue weighted by molar-refractivity contribution is 7.23. The Kier molecular flexibility index (Phi) is 8.54. The zero-order valence-electron chi connectivity index (χ0n) is 25.1. The third kappa shape index (κ3) is 5.02. The third-order valence-corrected chi connectivity index (χ3v) is 10.4. The first-order chi connectivity index (χ1) is 21.3. The van der Waals surface area contributed by atoms with E-state index in [4.69, 9.17) is 27.1 Å². The molecule has 0 aliphatic carbocycles. The molecule has 7 rings (SSSR count). The molecule has 0 bridgehead atoms. The molecule has 1 atom stereocenters. The summed E-state index contributed by atoms with van der Waals surface area (Å²) in [7, 11) is 0. The zero-order chi connectivity index (χ0) is 31.2. The van der Waals surface area contributed by atoms with Gasteiger partial charge < -0.3 is 20.7 Å². The summed E-state index contributed by atoms with van der Waals surface area (Å²) in [6.45, 7) is 10.8. The fourth-order valence-electron chi connectivity index (χ4n) is 7.01. The molecular formula is C32H36ClF2N7OS. The van der Waals surface area contributed by atoms with Gasteiger partial charge in [-0.3, -0.25) is 4.90 Å². The number of fused-ring (bicyclic) bond motifs is 3. The molecule has 4 aromatic rings. The monoisotopic (exact) mass is 639 g/mol. The Labute approximate surface area is 264 Å². The van der Waals surface area contributed by atoms with Crippen molar-refractivity contribution in [3.8, 4) is 23.2 Å². The highest BCUT2D eigenvalue weighted by Crippen LogP contribution is 2.46. The number of halogens is 3. The topological polar surface area (TPSA) is 103 Å². The van der Waals surface area contributed by atoms with Crippen LogP contribution in [0.3, 0.4) is 0 Å². The van der Waals surface area contributed by atoms with Crippen LogP contribution in [0.25, 0.3) is 32.1 Å². The summed E-state index contributed by atoms with van der Waals surface area (Å²) in [5.41, 5.74) is 6.50. The smallest absolute Gasteiger partial charge is 0.319 e. The van der Waals surface area contributed by atoms with Crippen molar-refractivity contribution in [2.75, 3.05) is 50.0 Å². The van der Waals surface area contributed by atoms with Gasteiger partial charge in [-0.25, -0.2) is 8.78 Å². The number of hydrogen-bond acceptors (Lipinski definition) is 9. The second-order valence-corrected chi connectivity index (χ2v) is 12.9. The Morgan fingerprint density at radius 2 is 1.95 bits per heavy atom. The fourth-order valence-corrected chi connectivity index (χ4v) is 8.26. The first-order valence-corrected chi connectivity index (χ1v) is 16.5. The van der Waals surface area contributed by atoms with E-state index in [0.29, 0.717) is 24.4 Å². The molecule has 3 aliphatic heterocycles. The van der Waals surface area contributed by atoms with Crippen LogP contribution in [0, 0.1) is 23.0 Å². The molecule has 232 valence electrons. The van der Waals surface area contributed by atoms with Gasteiger partial charge in [-0.05, 0) is 63.4 Å². The van der Waals surface area contributed by atoms with Crippen LogP contribution < -0.4 is 20.7 Å². The fraction of sp³-hybridized carbons (Fsp3) is 0.469. The van der Waals surface area contributed by atoms with Gasteiger partial charge in [0.25, 0.3) is 0 Å². The largest absolute Gasteiger partial charge is 0.461 e. The van der Waals surface area contributed by atoms with Crippen molar-refractivity contribution >= 4 is 54.7 Å². The number of nitrogens with one attached hydrogen (secondary N) is 1. The van der Waals surface area contributed by atoms with Crippen LogP contribution in [0.2, 0.25) is 5.02 Å².